The maximum atomic E-state index is 13.5. The first kappa shape index (κ1) is 36.3. The lowest BCUT2D eigenvalue weighted by Crippen LogP contribution is -2.48. The zero-order chi connectivity index (χ0) is 39.2. The van der Waals surface area contributed by atoms with Crippen LogP contribution in [-0.2, 0) is 11.2 Å². The number of rotatable bonds is 8. The summed E-state index contributed by atoms with van der Waals surface area (Å²) in [5, 5.41) is 44.2. The Labute approximate surface area is 353 Å². The highest BCUT2D eigenvalue weighted by atomic mass is 32.1. The molecule has 6 heterocycles. The fourth-order valence-corrected chi connectivity index (χ4v) is 14.7. The summed E-state index contributed by atoms with van der Waals surface area (Å²) in [6.45, 7) is 3.50. The number of phenolic OH excluding ortho intramolecular Hbond substituents is 1. The van der Waals surface area contributed by atoms with Crippen LogP contribution in [0, 0.1) is 6.92 Å². The second kappa shape index (κ2) is 13.9. The van der Waals surface area contributed by atoms with Crippen LogP contribution in [-0.4, -0.2) is 40.5 Å². The zero-order valence-electron chi connectivity index (χ0n) is 32.0. The molecule has 0 radical (unpaired) electrons. The molecule has 0 amide bonds. The third kappa shape index (κ3) is 5.66. The molecule has 2 atom stereocenters. The first-order valence-electron chi connectivity index (χ1n) is 20.1. The van der Waals surface area contributed by atoms with E-state index in [1.165, 1.54) is 0 Å². The Bertz CT molecular complexity index is 2520. The van der Waals surface area contributed by atoms with Crippen LogP contribution in [0.3, 0.4) is 0 Å². The number of anilines is 2. The average molecular weight is 835 g/mol. The summed E-state index contributed by atoms with van der Waals surface area (Å²) in [4.78, 5) is 8.22. The van der Waals surface area contributed by atoms with Gasteiger partial charge in [0, 0.05) is 51.4 Å². The van der Waals surface area contributed by atoms with Crippen LogP contribution in [0.5, 0.6) is 5.75 Å². The predicted molar refractivity (Wildman–Crippen MR) is 247 cm³/mol. The Morgan fingerprint density at radius 2 is 0.793 bits per heavy atom. The van der Waals surface area contributed by atoms with Gasteiger partial charge < -0.3 is 25.1 Å². The number of fused-ring (bicyclic) bond motifs is 4. The summed E-state index contributed by atoms with van der Waals surface area (Å²) < 4.78 is 4.58. The van der Waals surface area contributed by atoms with E-state index in [-0.39, 0.29) is 17.8 Å². The number of benzene rings is 5. The number of aryl methyl sites for hydroxylation is 1. The fourth-order valence-electron chi connectivity index (χ4n) is 9.74. The van der Waals surface area contributed by atoms with Crippen molar-refractivity contribution in [3.63, 3.8) is 0 Å². The number of aromatic hydroxyl groups is 1. The van der Waals surface area contributed by atoms with Crippen molar-refractivity contribution >= 4 is 97.1 Å². The Morgan fingerprint density at radius 1 is 0.483 bits per heavy atom. The Kier molecular flexibility index (Phi) is 8.73. The molecule has 2 aliphatic heterocycles. The van der Waals surface area contributed by atoms with Crippen molar-refractivity contribution in [2.75, 3.05) is 22.9 Å². The first-order chi connectivity index (χ1) is 28.3. The van der Waals surface area contributed by atoms with E-state index < -0.39 is 11.2 Å². The van der Waals surface area contributed by atoms with Crippen molar-refractivity contribution in [3.05, 3.63) is 159 Å². The fraction of sp³-hybridized carbons (Fsp3) is 0.224. The summed E-state index contributed by atoms with van der Waals surface area (Å²) in [7, 11) is 0. The second-order valence-corrected chi connectivity index (χ2v) is 20.3. The van der Waals surface area contributed by atoms with E-state index in [9.17, 15) is 15.3 Å². The smallest absolute Gasteiger partial charge is 0.162 e. The number of hydrogen-bond acceptors (Lipinski definition) is 9. The number of hydrogen-bond donors (Lipinski definition) is 3. The molecular weight excluding hydrogens is 793 g/mol. The van der Waals surface area contributed by atoms with Crippen LogP contribution in [0.1, 0.15) is 50.8 Å². The van der Waals surface area contributed by atoms with E-state index in [4.69, 9.17) is 0 Å². The van der Waals surface area contributed by atoms with Crippen molar-refractivity contribution in [2.24, 2.45) is 0 Å². The van der Waals surface area contributed by atoms with E-state index in [0.717, 1.165) is 102 Å². The van der Waals surface area contributed by atoms with Crippen LogP contribution in [0.2, 0.25) is 0 Å². The van der Waals surface area contributed by atoms with Gasteiger partial charge in [-0.1, -0.05) is 72.8 Å². The van der Waals surface area contributed by atoms with E-state index >= 15 is 0 Å². The predicted octanol–water partition coefficient (Wildman–Crippen LogP) is 12.4. The van der Waals surface area contributed by atoms with Gasteiger partial charge in [0.05, 0.1) is 23.5 Å². The van der Waals surface area contributed by atoms with E-state index in [1.807, 2.05) is 0 Å². The summed E-state index contributed by atoms with van der Waals surface area (Å²) >= 11 is 6.64. The van der Waals surface area contributed by atoms with Gasteiger partial charge in [-0.25, -0.2) is 0 Å². The van der Waals surface area contributed by atoms with Gasteiger partial charge in [-0.2, -0.15) is 0 Å². The molecule has 4 aromatic heterocycles. The third-order valence-electron chi connectivity index (χ3n) is 12.5. The first-order valence-corrected chi connectivity index (χ1v) is 23.3. The van der Waals surface area contributed by atoms with Gasteiger partial charge >= 0.3 is 0 Å². The molecule has 0 aliphatic carbocycles. The van der Waals surface area contributed by atoms with Gasteiger partial charge in [0.1, 0.15) is 0 Å². The number of aliphatic hydroxyl groups is 2. The maximum Gasteiger partial charge on any atom is 0.162 e. The van der Waals surface area contributed by atoms with Crippen molar-refractivity contribution in [1.29, 1.82) is 0 Å². The topological polar surface area (TPSA) is 67.2 Å². The van der Waals surface area contributed by atoms with Gasteiger partial charge in [-0.15, -0.1) is 45.3 Å². The van der Waals surface area contributed by atoms with Gasteiger partial charge in [0.25, 0.3) is 0 Å². The van der Waals surface area contributed by atoms with Crippen LogP contribution >= 0.6 is 45.3 Å². The van der Waals surface area contributed by atoms with E-state index in [1.54, 1.807) is 45.3 Å². The van der Waals surface area contributed by atoms with Gasteiger partial charge in [-0.05, 0) is 120 Å². The number of thiophene rings is 4. The summed E-state index contributed by atoms with van der Waals surface area (Å²) in [5.41, 5.74) is -0.149. The molecule has 9 heteroatoms. The van der Waals surface area contributed by atoms with Crippen LogP contribution < -0.4 is 9.80 Å². The summed E-state index contributed by atoms with van der Waals surface area (Å²) in [6, 6.07) is 45.7. The van der Waals surface area contributed by atoms with E-state index in [2.05, 4.69) is 150 Å². The molecule has 3 N–H and O–H groups in total. The summed E-state index contributed by atoms with van der Waals surface area (Å²) in [6.07, 6.45) is 3.31. The lowest BCUT2D eigenvalue weighted by Gasteiger charge is -2.41. The molecule has 5 aromatic carbocycles. The lowest BCUT2D eigenvalue weighted by molar-refractivity contribution is 0.0602. The minimum absolute atomic E-state index is 0.203. The van der Waals surface area contributed by atoms with Gasteiger partial charge in [0.15, 0.2) is 17.0 Å². The Hall–Kier alpha value is -4.74. The average Bonchev–Trinajstić information content (AvgIpc) is 4.10. The Morgan fingerprint density at radius 3 is 1.10 bits per heavy atom. The van der Waals surface area contributed by atoms with Crippen LogP contribution in [0.4, 0.5) is 11.4 Å². The highest BCUT2D eigenvalue weighted by Crippen LogP contribution is 2.54. The number of phenols is 1. The molecule has 2 aliphatic rings. The minimum atomic E-state index is -1.32. The molecular formula is C49H42N2O3S4. The third-order valence-corrected chi connectivity index (χ3v) is 17.5. The molecule has 290 valence electrons. The molecule has 2 fully saturated rings. The van der Waals surface area contributed by atoms with Crippen molar-refractivity contribution in [2.45, 2.75) is 55.9 Å². The molecule has 2 unspecified atom stereocenters. The molecule has 9 aromatic rings. The quantitative estimate of drug-likeness (QED) is 0.142. The molecule has 58 heavy (non-hydrogen) atoms. The van der Waals surface area contributed by atoms with Crippen molar-refractivity contribution in [3.8, 4) is 5.75 Å². The standard InChI is InChI=1S/C49H42N2O3S4/c1-30-24-35(50-22-10-20-41(50)48(53,43-26-31-12-2-6-16-37(31)55-43)44-27-32-13-3-7-17-38(32)56-44)47(52)36(25-30)51-23-11-21-42(51)49(54,45-28-33-14-4-8-18-39(33)57-45)46-29-34-15-5-9-19-40(34)58-46/h2-9,12-19,24-29,41-42,52-54H,10-11,20-23H2,1H3. The second-order valence-electron chi connectivity index (χ2n) is 16.0. The van der Waals surface area contributed by atoms with Crippen molar-refractivity contribution < 1.29 is 15.3 Å². The molecule has 0 spiro atoms. The van der Waals surface area contributed by atoms with Crippen LogP contribution in [0.25, 0.3) is 40.3 Å². The lowest BCUT2D eigenvalue weighted by atomic mass is 9.87. The molecule has 11 rings (SSSR count). The monoisotopic (exact) mass is 834 g/mol. The normalized spacial score (nSPS) is 17.8. The summed E-state index contributed by atoms with van der Waals surface area (Å²) in [5.74, 6) is 0.203. The molecule has 0 bridgehead atoms. The number of nitrogens with zero attached hydrogens (tertiary/aromatic N) is 2. The van der Waals surface area contributed by atoms with Crippen molar-refractivity contribution in [1.82, 2.24) is 0 Å². The highest BCUT2D eigenvalue weighted by Gasteiger charge is 2.51. The van der Waals surface area contributed by atoms with Gasteiger partial charge in [-0.3, -0.25) is 0 Å². The van der Waals surface area contributed by atoms with E-state index in [0.29, 0.717) is 13.1 Å². The zero-order valence-corrected chi connectivity index (χ0v) is 35.2. The Balaban J connectivity index is 1.04. The van der Waals surface area contributed by atoms with Crippen LogP contribution in [0.15, 0.2) is 133 Å². The molecule has 2 saturated heterocycles. The minimum Gasteiger partial charge on any atom is -0.504 e. The maximum absolute atomic E-state index is 13.5. The SMILES string of the molecule is Cc1cc(N2CCCC2C(O)(c2cc3ccccc3s2)c2cc3ccccc3s2)c(O)c(N2CCCC2C(O)(c2cc3ccccc3s2)c2cc3ccccc3s2)c1. The molecule has 0 saturated carbocycles. The van der Waals surface area contributed by atoms with Gasteiger partial charge in [0.2, 0.25) is 0 Å². The highest BCUT2D eigenvalue weighted by molar-refractivity contribution is 7.21. The molecule has 5 nitrogen and oxygen atoms in total. The largest absolute Gasteiger partial charge is 0.504 e.